The molecule has 0 saturated carbocycles. The maximum Gasteiger partial charge on any atom is 0.231 e. The lowest BCUT2D eigenvalue weighted by molar-refractivity contribution is -0.277. The van der Waals surface area contributed by atoms with Crippen LogP contribution < -0.4 is 23.7 Å². The Morgan fingerprint density at radius 3 is 2.47 bits per heavy atom. The van der Waals surface area contributed by atoms with Crippen LogP contribution in [0.15, 0.2) is 30.3 Å². The number of aliphatic hydroxyl groups is 4. The van der Waals surface area contributed by atoms with Gasteiger partial charge in [-0.25, -0.2) is 0 Å². The van der Waals surface area contributed by atoms with Crippen LogP contribution >= 0.6 is 0 Å². The second kappa shape index (κ2) is 7.39. The summed E-state index contributed by atoms with van der Waals surface area (Å²) in [6, 6.07) is 8.94. The number of hydrogen-bond acceptors (Lipinski definition) is 10. The van der Waals surface area contributed by atoms with Crippen molar-refractivity contribution in [2.45, 2.75) is 42.7 Å². The summed E-state index contributed by atoms with van der Waals surface area (Å²) in [7, 11) is 0. The van der Waals surface area contributed by atoms with Crippen molar-refractivity contribution in [3.63, 3.8) is 0 Å². The maximum atomic E-state index is 10.2. The van der Waals surface area contributed by atoms with E-state index in [1.807, 2.05) is 18.2 Å². The maximum absolute atomic E-state index is 10.2. The number of rotatable bonds is 3. The topological polar surface area (TPSA) is 136 Å². The van der Waals surface area contributed by atoms with Crippen molar-refractivity contribution in [2.75, 3.05) is 20.0 Å². The lowest BCUT2D eigenvalue weighted by Gasteiger charge is -2.39. The van der Waals surface area contributed by atoms with Crippen molar-refractivity contribution in [2.24, 2.45) is 0 Å². The summed E-state index contributed by atoms with van der Waals surface area (Å²) in [5.41, 5.74) is 1.85. The van der Waals surface area contributed by atoms with Gasteiger partial charge in [0.15, 0.2) is 11.5 Å². The Balaban J connectivity index is 1.23. The predicted octanol–water partition coefficient (Wildman–Crippen LogP) is 0.204. The number of aliphatic hydroxyl groups excluding tert-OH is 4. The van der Waals surface area contributed by atoms with Crippen molar-refractivity contribution in [1.82, 2.24) is 0 Å². The first-order valence-electron chi connectivity index (χ1n) is 10.4. The van der Waals surface area contributed by atoms with Crippen molar-refractivity contribution in [3.8, 4) is 28.7 Å². The highest BCUT2D eigenvalue weighted by atomic mass is 16.7. The monoisotopic (exact) mass is 446 g/mol. The standard InChI is InChI=1S/C22H22O10/c23-6-17-18(24)19(25)20(26)22(32-17)30-9-1-2-10-13(3-9)27-7-12-11-4-15-16(29-8-28-15)5-14(11)31-21(10)12/h1-5,12,17-26H,6-8H2/t12-,17-,18-,19+,20-,21-,22-/m0/s1. The van der Waals surface area contributed by atoms with E-state index in [0.29, 0.717) is 29.6 Å². The summed E-state index contributed by atoms with van der Waals surface area (Å²) in [6.45, 7) is 0.0648. The van der Waals surface area contributed by atoms with Gasteiger partial charge in [-0.05, 0) is 18.2 Å². The van der Waals surface area contributed by atoms with Crippen LogP contribution in [0, 0.1) is 0 Å². The van der Waals surface area contributed by atoms with E-state index in [1.54, 1.807) is 12.1 Å². The summed E-state index contributed by atoms with van der Waals surface area (Å²) < 4.78 is 34.2. The van der Waals surface area contributed by atoms with Gasteiger partial charge in [-0.15, -0.1) is 0 Å². The fourth-order valence-corrected chi connectivity index (χ4v) is 4.60. The normalized spacial score (nSPS) is 34.1. The van der Waals surface area contributed by atoms with Crippen LogP contribution in [-0.2, 0) is 4.74 Å². The summed E-state index contributed by atoms with van der Waals surface area (Å²) in [5.74, 6) is 3.00. The van der Waals surface area contributed by atoms with Crippen molar-refractivity contribution in [1.29, 1.82) is 0 Å². The van der Waals surface area contributed by atoms with Crippen molar-refractivity contribution >= 4 is 0 Å². The van der Waals surface area contributed by atoms with E-state index in [-0.39, 0.29) is 18.8 Å². The molecule has 1 saturated heterocycles. The second-order valence-electron chi connectivity index (χ2n) is 8.21. The first kappa shape index (κ1) is 19.9. The van der Waals surface area contributed by atoms with Gasteiger partial charge in [0, 0.05) is 23.3 Å². The fraction of sp³-hybridized carbons (Fsp3) is 0.455. The Bertz CT molecular complexity index is 1040. The van der Waals surface area contributed by atoms with Gasteiger partial charge >= 0.3 is 0 Å². The molecule has 6 rings (SSSR count). The minimum Gasteiger partial charge on any atom is -0.492 e. The highest BCUT2D eigenvalue weighted by Crippen LogP contribution is 2.54. The van der Waals surface area contributed by atoms with Gasteiger partial charge in [-0.2, -0.15) is 0 Å². The van der Waals surface area contributed by atoms with Gasteiger partial charge in [0.2, 0.25) is 13.1 Å². The molecular formula is C22H22O10. The lowest BCUT2D eigenvalue weighted by Crippen LogP contribution is -2.60. The fourth-order valence-electron chi connectivity index (χ4n) is 4.60. The summed E-state index contributed by atoms with van der Waals surface area (Å²) in [4.78, 5) is 0. The van der Waals surface area contributed by atoms with Crippen LogP contribution in [-0.4, -0.2) is 71.1 Å². The molecule has 4 aliphatic heterocycles. The molecule has 2 aromatic rings. The lowest BCUT2D eigenvalue weighted by atomic mass is 9.89. The van der Waals surface area contributed by atoms with Crippen LogP contribution in [0.1, 0.15) is 23.1 Å². The highest BCUT2D eigenvalue weighted by Gasteiger charge is 2.45. The van der Waals surface area contributed by atoms with Crippen LogP contribution in [0.2, 0.25) is 0 Å². The van der Waals surface area contributed by atoms with Crippen LogP contribution in [0.3, 0.4) is 0 Å². The van der Waals surface area contributed by atoms with Crippen LogP contribution in [0.4, 0.5) is 0 Å². The molecule has 0 aliphatic carbocycles. The summed E-state index contributed by atoms with van der Waals surface area (Å²) in [6.07, 6.45) is -7.01. The van der Waals surface area contributed by atoms with Gasteiger partial charge in [-0.3, -0.25) is 0 Å². The van der Waals surface area contributed by atoms with Crippen molar-refractivity contribution < 1.29 is 48.8 Å². The average Bonchev–Trinajstić information content (AvgIpc) is 3.41. The van der Waals surface area contributed by atoms with Gasteiger partial charge in [0.05, 0.1) is 19.1 Å². The minimum absolute atomic E-state index is 0.00390. The Kier molecular flexibility index (Phi) is 4.60. The molecule has 4 aliphatic rings. The minimum atomic E-state index is -1.51. The Morgan fingerprint density at radius 2 is 1.66 bits per heavy atom. The highest BCUT2D eigenvalue weighted by molar-refractivity contribution is 5.57. The SMILES string of the molecule is OC[C@@H]1O[C@H](Oc2ccc3c(c2)OC[C@H]2c4cc5c(cc4O[C@@H]32)OCO5)[C@@H](O)[C@H](O)[C@H]1O. The van der Waals surface area contributed by atoms with E-state index in [9.17, 15) is 20.4 Å². The van der Waals surface area contributed by atoms with E-state index >= 15 is 0 Å². The predicted molar refractivity (Wildman–Crippen MR) is 105 cm³/mol. The Morgan fingerprint density at radius 1 is 0.844 bits per heavy atom. The van der Waals surface area contributed by atoms with E-state index in [2.05, 4.69) is 0 Å². The molecule has 0 radical (unpaired) electrons. The molecule has 0 unspecified atom stereocenters. The molecule has 170 valence electrons. The molecular weight excluding hydrogens is 424 g/mol. The van der Waals surface area contributed by atoms with Crippen LogP contribution in [0.5, 0.6) is 28.7 Å². The second-order valence-corrected chi connectivity index (χ2v) is 8.21. The smallest absolute Gasteiger partial charge is 0.231 e. The zero-order valence-corrected chi connectivity index (χ0v) is 16.8. The number of hydrogen-bond donors (Lipinski definition) is 4. The molecule has 32 heavy (non-hydrogen) atoms. The van der Waals surface area contributed by atoms with Gasteiger partial charge in [-0.1, -0.05) is 0 Å². The number of benzene rings is 2. The zero-order valence-electron chi connectivity index (χ0n) is 16.8. The quantitative estimate of drug-likeness (QED) is 0.518. The molecule has 2 aromatic carbocycles. The first-order chi connectivity index (χ1) is 15.5. The largest absolute Gasteiger partial charge is 0.492 e. The molecule has 4 heterocycles. The Labute approximate surface area is 182 Å². The number of ether oxygens (including phenoxy) is 6. The van der Waals surface area contributed by atoms with E-state index in [0.717, 1.165) is 16.9 Å². The van der Waals surface area contributed by atoms with Gasteiger partial charge in [0.25, 0.3) is 0 Å². The van der Waals surface area contributed by atoms with Crippen molar-refractivity contribution in [3.05, 3.63) is 41.5 Å². The molecule has 0 bridgehead atoms. The molecule has 4 N–H and O–H groups in total. The zero-order chi connectivity index (χ0) is 22.0. The summed E-state index contributed by atoms with van der Waals surface area (Å²) >= 11 is 0. The Hall–Kier alpha value is -2.76. The molecule has 0 amide bonds. The van der Waals surface area contributed by atoms with E-state index in [1.165, 1.54) is 0 Å². The van der Waals surface area contributed by atoms with Gasteiger partial charge < -0.3 is 48.8 Å². The first-order valence-corrected chi connectivity index (χ1v) is 10.4. The summed E-state index contributed by atoms with van der Waals surface area (Å²) in [5, 5.41) is 39.4. The molecule has 10 nitrogen and oxygen atoms in total. The third-order valence-electron chi connectivity index (χ3n) is 6.33. The van der Waals surface area contributed by atoms with Crippen LogP contribution in [0.25, 0.3) is 0 Å². The van der Waals surface area contributed by atoms with Gasteiger partial charge in [0.1, 0.15) is 47.8 Å². The van der Waals surface area contributed by atoms with E-state index < -0.39 is 37.3 Å². The number of fused-ring (bicyclic) bond motifs is 6. The molecule has 0 spiro atoms. The third-order valence-corrected chi connectivity index (χ3v) is 6.33. The third kappa shape index (κ3) is 2.99. The molecule has 0 aromatic heterocycles. The van der Waals surface area contributed by atoms with E-state index in [4.69, 9.17) is 28.4 Å². The molecule has 1 fully saturated rings. The molecule has 7 atom stereocenters. The average molecular weight is 446 g/mol. The molecule has 10 heteroatoms.